The topological polar surface area (TPSA) is 61.3 Å². The van der Waals surface area contributed by atoms with Gasteiger partial charge in [0.25, 0.3) is 0 Å². The van der Waals surface area contributed by atoms with Gasteiger partial charge in [0.2, 0.25) is 5.88 Å². The van der Waals surface area contributed by atoms with Crippen LogP contribution in [-0.2, 0) is 6.42 Å². The molecule has 1 aromatic heterocycles. The van der Waals surface area contributed by atoms with Crippen molar-refractivity contribution in [1.82, 2.24) is 5.16 Å². The number of anilines is 1. The van der Waals surface area contributed by atoms with E-state index < -0.39 is 5.82 Å². The summed E-state index contributed by atoms with van der Waals surface area (Å²) in [5, 5.41) is 3.85. The molecule has 0 spiro atoms. The summed E-state index contributed by atoms with van der Waals surface area (Å²) < 4.78 is 23.3. The minimum Gasteiger partial charge on any atom is -0.494 e. The minimum atomic E-state index is -0.436. The van der Waals surface area contributed by atoms with Crippen molar-refractivity contribution in [2.45, 2.75) is 13.3 Å². The van der Waals surface area contributed by atoms with Crippen LogP contribution in [0.15, 0.2) is 22.7 Å². The number of hydrogen-bond acceptors (Lipinski definition) is 4. The lowest BCUT2D eigenvalue weighted by atomic mass is 10.1. The summed E-state index contributed by atoms with van der Waals surface area (Å²) >= 11 is 0. The van der Waals surface area contributed by atoms with E-state index in [1.807, 2.05) is 6.92 Å². The molecule has 0 saturated carbocycles. The van der Waals surface area contributed by atoms with Crippen LogP contribution in [0.25, 0.3) is 11.3 Å². The van der Waals surface area contributed by atoms with E-state index >= 15 is 0 Å². The number of aromatic nitrogens is 1. The van der Waals surface area contributed by atoms with Gasteiger partial charge in [0.1, 0.15) is 5.69 Å². The second-order valence-corrected chi connectivity index (χ2v) is 3.58. The molecule has 1 aromatic carbocycles. The zero-order valence-corrected chi connectivity index (χ0v) is 9.66. The van der Waals surface area contributed by atoms with Crippen LogP contribution >= 0.6 is 0 Å². The normalized spacial score (nSPS) is 10.5. The number of rotatable bonds is 3. The number of ether oxygens (including phenoxy) is 1. The van der Waals surface area contributed by atoms with Crippen molar-refractivity contribution < 1.29 is 13.7 Å². The molecule has 0 aliphatic rings. The molecule has 0 aliphatic heterocycles. The predicted octanol–water partition coefficient (Wildman–Crippen LogP) is 2.63. The lowest BCUT2D eigenvalue weighted by Crippen LogP contribution is -1.92. The van der Waals surface area contributed by atoms with Crippen LogP contribution in [0.5, 0.6) is 5.75 Å². The molecule has 0 saturated heterocycles. The molecule has 0 bridgehead atoms. The van der Waals surface area contributed by atoms with E-state index in [9.17, 15) is 4.39 Å². The molecule has 0 unspecified atom stereocenters. The van der Waals surface area contributed by atoms with Crippen LogP contribution in [0.2, 0.25) is 0 Å². The van der Waals surface area contributed by atoms with E-state index in [2.05, 4.69) is 5.16 Å². The molecule has 0 aliphatic carbocycles. The zero-order chi connectivity index (χ0) is 12.4. The fourth-order valence-corrected chi connectivity index (χ4v) is 1.70. The first-order chi connectivity index (χ1) is 8.17. The molecule has 2 aromatic rings. The molecule has 5 heteroatoms. The number of methoxy groups -OCH3 is 1. The van der Waals surface area contributed by atoms with E-state index in [1.165, 1.54) is 13.2 Å². The second kappa shape index (κ2) is 4.45. The van der Waals surface area contributed by atoms with Crippen LogP contribution in [0.1, 0.15) is 12.5 Å². The Morgan fingerprint density at radius 1 is 1.47 bits per heavy atom. The second-order valence-electron chi connectivity index (χ2n) is 3.58. The summed E-state index contributed by atoms with van der Waals surface area (Å²) in [5.41, 5.74) is 7.62. The molecule has 1 heterocycles. The monoisotopic (exact) mass is 236 g/mol. The number of nitrogen functional groups attached to an aromatic ring is 1. The van der Waals surface area contributed by atoms with Gasteiger partial charge < -0.3 is 15.0 Å². The Kier molecular flexibility index (Phi) is 2.99. The summed E-state index contributed by atoms with van der Waals surface area (Å²) in [6.07, 6.45) is 0.679. The lowest BCUT2D eigenvalue weighted by Gasteiger charge is -2.04. The summed E-state index contributed by atoms with van der Waals surface area (Å²) in [6, 6.07) is 4.63. The Morgan fingerprint density at radius 3 is 2.82 bits per heavy atom. The lowest BCUT2D eigenvalue weighted by molar-refractivity contribution is 0.386. The highest BCUT2D eigenvalue weighted by Crippen LogP contribution is 2.30. The van der Waals surface area contributed by atoms with Crippen molar-refractivity contribution in [2.24, 2.45) is 0 Å². The molecular weight excluding hydrogens is 223 g/mol. The Morgan fingerprint density at radius 2 is 2.24 bits per heavy atom. The maximum Gasteiger partial charge on any atom is 0.225 e. The van der Waals surface area contributed by atoms with Crippen LogP contribution in [0.4, 0.5) is 10.3 Å². The number of benzene rings is 1. The number of nitrogens with zero attached hydrogens (tertiary/aromatic N) is 1. The van der Waals surface area contributed by atoms with Crippen molar-refractivity contribution in [3.05, 3.63) is 29.6 Å². The van der Waals surface area contributed by atoms with Crippen molar-refractivity contribution in [2.75, 3.05) is 12.8 Å². The van der Waals surface area contributed by atoms with Gasteiger partial charge in [-0.2, -0.15) is 0 Å². The smallest absolute Gasteiger partial charge is 0.225 e. The van der Waals surface area contributed by atoms with E-state index in [4.69, 9.17) is 15.0 Å². The van der Waals surface area contributed by atoms with E-state index in [0.29, 0.717) is 17.7 Å². The molecular formula is C12H13FN2O2. The molecule has 2 rings (SSSR count). The van der Waals surface area contributed by atoms with Gasteiger partial charge in [-0.05, 0) is 24.6 Å². The van der Waals surface area contributed by atoms with Gasteiger partial charge in [0.15, 0.2) is 11.6 Å². The molecule has 0 radical (unpaired) electrons. The van der Waals surface area contributed by atoms with Gasteiger partial charge in [-0.15, -0.1) is 0 Å². The Labute approximate surface area is 98.2 Å². The van der Waals surface area contributed by atoms with E-state index in [1.54, 1.807) is 12.1 Å². The molecule has 0 amide bonds. The SMILES string of the molecule is CCc1c(-c2ccc(OC)c(F)c2)noc1N. The van der Waals surface area contributed by atoms with Gasteiger partial charge in [0.05, 0.1) is 7.11 Å². The first kappa shape index (κ1) is 11.4. The van der Waals surface area contributed by atoms with Crippen molar-refractivity contribution >= 4 is 5.88 Å². The summed E-state index contributed by atoms with van der Waals surface area (Å²) in [6.45, 7) is 1.94. The molecule has 17 heavy (non-hydrogen) atoms. The van der Waals surface area contributed by atoms with Crippen LogP contribution in [0, 0.1) is 5.82 Å². The van der Waals surface area contributed by atoms with E-state index in [0.717, 1.165) is 5.56 Å². The van der Waals surface area contributed by atoms with Gasteiger partial charge in [-0.1, -0.05) is 12.1 Å². The molecule has 0 atom stereocenters. The highest BCUT2D eigenvalue weighted by atomic mass is 19.1. The van der Waals surface area contributed by atoms with Gasteiger partial charge in [-0.3, -0.25) is 0 Å². The maximum atomic E-state index is 13.6. The zero-order valence-electron chi connectivity index (χ0n) is 9.66. The molecule has 4 nitrogen and oxygen atoms in total. The first-order valence-corrected chi connectivity index (χ1v) is 5.25. The predicted molar refractivity (Wildman–Crippen MR) is 62.2 cm³/mol. The maximum absolute atomic E-state index is 13.6. The van der Waals surface area contributed by atoms with Crippen LogP contribution < -0.4 is 10.5 Å². The summed E-state index contributed by atoms with van der Waals surface area (Å²) in [5.74, 6) is 0.0376. The van der Waals surface area contributed by atoms with Crippen molar-refractivity contribution in [3.8, 4) is 17.0 Å². The van der Waals surface area contributed by atoms with Crippen LogP contribution in [0.3, 0.4) is 0 Å². The Bertz CT molecular complexity index is 537. The number of halogens is 1. The summed E-state index contributed by atoms with van der Waals surface area (Å²) in [4.78, 5) is 0. The highest BCUT2D eigenvalue weighted by molar-refractivity contribution is 5.67. The highest BCUT2D eigenvalue weighted by Gasteiger charge is 2.15. The molecule has 2 N–H and O–H groups in total. The summed E-state index contributed by atoms with van der Waals surface area (Å²) in [7, 11) is 1.42. The fraction of sp³-hybridized carbons (Fsp3) is 0.250. The first-order valence-electron chi connectivity index (χ1n) is 5.25. The third kappa shape index (κ3) is 1.95. The Balaban J connectivity index is 2.49. The average Bonchev–Trinajstić information content (AvgIpc) is 2.70. The third-order valence-corrected chi connectivity index (χ3v) is 2.60. The van der Waals surface area contributed by atoms with Crippen molar-refractivity contribution in [1.29, 1.82) is 0 Å². The quantitative estimate of drug-likeness (QED) is 0.889. The standard InChI is InChI=1S/C12H13FN2O2/c1-3-8-11(15-17-12(8)14)7-4-5-10(16-2)9(13)6-7/h4-6H,3,14H2,1-2H3. The van der Waals surface area contributed by atoms with Crippen molar-refractivity contribution in [3.63, 3.8) is 0 Å². The fourth-order valence-electron chi connectivity index (χ4n) is 1.70. The van der Waals surface area contributed by atoms with Crippen LogP contribution in [-0.4, -0.2) is 12.3 Å². The Hall–Kier alpha value is -2.04. The largest absolute Gasteiger partial charge is 0.494 e. The molecule has 0 fully saturated rings. The van der Waals surface area contributed by atoms with Gasteiger partial charge in [-0.25, -0.2) is 4.39 Å². The van der Waals surface area contributed by atoms with Gasteiger partial charge >= 0.3 is 0 Å². The third-order valence-electron chi connectivity index (χ3n) is 2.60. The minimum absolute atomic E-state index is 0.197. The average molecular weight is 236 g/mol. The number of nitrogens with two attached hydrogens (primary N) is 1. The molecule has 90 valence electrons. The van der Waals surface area contributed by atoms with E-state index in [-0.39, 0.29) is 11.6 Å². The number of hydrogen-bond donors (Lipinski definition) is 1. The van der Waals surface area contributed by atoms with Gasteiger partial charge in [0, 0.05) is 11.1 Å².